The van der Waals surface area contributed by atoms with Crippen molar-refractivity contribution in [2.75, 3.05) is 0 Å². The van der Waals surface area contributed by atoms with E-state index in [-0.39, 0.29) is 5.82 Å². The average Bonchev–Trinajstić information content (AvgIpc) is 2.68. The number of pyridine rings is 1. The molecule has 0 aliphatic carbocycles. The molecule has 124 valence electrons. The highest BCUT2D eigenvalue weighted by molar-refractivity contribution is 9.10. The molecular formula is C23H13BrFN. The van der Waals surface area contributed by atoms with E-state index in [1.54, 1.807) is 12.1 Å². The Bertz CT molecular complexity index is 1290. The lowest BCUT2D eigenvalue weighted by Crippen LogP contribution is -1.91. The molecule has 0 fully saturated rings. The Labute approximate surface area is 158 Å². The van der Waals surface area contributed by atoms with Gasteiger partial charge in [0.25, 0.3) is 0 Å². The molecule has 4 aromatic carbocycles. The summed E-state index contributed by atoms with van der Waals surface area (Å²) in [7, 11) is 0. The molecule has 0 N–H and O–H groups in total. The molecule has 0 saturated carbocycles. The lowest BCUT2D eigenvalue weighted by Gasteiger charge is -2.13. The second-order valence-corrected chi connectivity index (χ2v) is 7.17. The van der Waals surface area contributed by atoms with Crippen molar-refractivity contribution >= 4 is 48.4 Å². The molecule has 0 bridgehead atoms. The van der Waals surface area contributed by atoms with Gasteiger partial charge in [-0.15, -0.1) is 0 Å². The number of fused-ring (bicyclic) bond motifs is 5. The molecule has 1 heterocycles. The molecule has 0 unspecified atom stereocenters. The largest absolute Gasteiger partial charge is 0.247 e. The minimum atomic E-state index is -0.245. The van der Waals surface area contributed by atoms with E-state index < -0.39 is 0 Å². The summed E-state index contributed by atoms with van der Waals surface area (Å²) in [6.45, 7) is 0. The van der Waals surface area contributed by atoms with Gasteiger partial charge in [0.1, 0.15) is 5.82 Å². The summed E-state index contributed by atoms with van der Waals surface area (Å²) in [5.41, 5.74) is 2.71. The highest BCUT2D eigenvalue weighted by Gasteiger charge is 2.14. The molecule has 5 aromatic rings. The van der Waals surface area contributed by atoms with Gasteiger partial charge in [-0.2, -0.15) is 0 Å². The zero-order chi connectivity index (χ0) is 17.7. The fourth-order valence-electron chi connectivity index (χ4n) is 3.60. The predicted molar refractivity (Wildman–Crippen MR) is 110 cm³/mol. The van der Waals surface area contributed by atoms with E-state index in [4.69, 9.17) is 4.98 Å². The first-order valence-electron chi connectivity index (χ1n) is 8.38. The van der Waals surface area contributed by atoms with Crippen LogP contribution in [0.1, 0.15) is 0 Å². The zero-order valence-electron chi connectivity index (χ0n) is 13.7. The molecule has 3 heteroatoms. The molecular weight excluding hydrogens is 389 g/mol. The number of halogens is 2. The molecule has 0 aliphatic heterocycles. The highest BCUT2D eigenvalue weighted by Crippen LogP contribution is 2.39. The summed E-state index contributed by atoms with van der Waals surface area (Å²) in [5, 5.41) is 5.70. The molecule has 0 atom stereocenters. The summed E-state index contributed by atoms with van der Waals surface area (Å²) in [5.74, 6) is -0.245. The molecule has 26 heavy (non-hydrogen) atoms. The van der Waals surface area contributed by atoms with Crippen molar-refractivity contribution in [2.45, 2.75) is 0 Å². The summed E-state index contributed by atoms with van der Waals surface area (Å²) < 4.78 is 14.4. The van der Waals surface area contributed by atoms with E-state index in [9.17, 15) is 4.39 Å². The third kappa shape index (κ3) is 2.31. The Hall–Kier alpha value is -2.78. The average molecular weight is 402 g/mol. The minimum absolute atomic E-state index is 0.245. The van der Waals surface area contributed by atoms with Crippen LogP contribution in [-0.4, -0.2) is 4.98 Å². The predicted octanol–water partition coefficient (Wildman–Crippen LogP) is 7.11. The Morgan fingerprint density at radius 3 is 2.12 bits per heavy atom. The molecule has 1 aromatic heterocycles. The Morgan fingerprint density at radius 2 is 1.35 bits per heavy atom. The second-order valence-electron chi connectivity index (χ2n) is 6.31. The third-order valence-electron chi connectivity index (χ3n) is 4.77. The van der Waals surface area contributed by atoms with Crippen molar-refractivity contribution in [1.82, 2.24) is 4.98 Å². The maximum absolute atomic E-state index is 13.4. The number of rotatable bonds is 1. The van der Waals surface area contributed by atoms with Crippen LogP contribution < -0.4 is 0 Å². The third-order valence-corrected chi connectivity index (χ3v) is 5.43. The van der Waals surface area contributed by atoms with Gasteiger partial charge in [0, 0.05) is 26.2 Å². The smallest absolute Gasteiger partial charge is 0.123 e. The Morgan fingerprint density at radius 1 is 0.692 bits per heavy atom. The van der Waals surface area contributed by atoms with Crippen molar-refractivity contribution in [3.8, 4) is 11.3 Å². The molecule has 0 aliphatic rings. The molecule has 0 radical (unpaired) electrons. The monoisotopic (exact) mass is 401 g/mol. The van der Waals surface area contributed by atoms with Crippen LogP contribution in [0.5, 0.6) is 0 Å². The van der Waals surface area contributed by atoms with Crippen LogP contribution in [0.15, 0.2) is 83.3 Å². The number of nitrogens with zero attached hydrogens (tertiary/aromatic N) is 1. The topological polar surface area (TPSA) is 12.9 Å². The van der Waals surface area contributed by atoms with Gasteiger partial charge in [-0.3, -0.25) is 0 Å². The normalized spacial score (nSPS) is 11.5. The van der Waals surface area contributed by atoms with Crippen LogP contribution in [0.2, 0.25) is 0 Å². The number of hydrogen-bond acceptors (Lipinski definition) is 1. The van der Waals surface area contributed by atoms with Gasteiger partial charge in [0.2, 0.25) is 0 Å². The first-order chi connectivity index (χ1) is 12.7. The lowest BCUT2D eigenvalue weighted by molar-refractivity contribution is 0.628. The Kier molecular flexibility index (Phi) is 3.50. The van der Waals surface area contributed by atoms with E-state index in [2.05, 4.69) is 46.3 Å². The van der Waals surface area contributed by atoms with E-state index in [1.165, 1.54) is 28.3 Å². The SMILES string of the molecule is Fc1ccc(-c2nc3ccccc3c3c2cc(Br)c2ccccc23)cc1. The summed E-state index contributed by atoms with van der Waals surface area (Å²) in [6, 6.07) is 25.2. The first kappa shape index (κ1) is 15.5. The van der Waals surface area contributed by atoms with Gasteiger partial charge in [-0.05, 0) is 47.2 Å². The maximum Gasteiger partial charge on any atom is 0.123 e. The standard InChI is InChI=1S/C23H13BrFN/c24-20-13-19-22(17-6-2-1-5-16(17)20)18-7-3-4-8-21(18)26-23(19)14-9-11-15(25)12-10-14/h1-13H. The number of aromatic nitrogens is 1. The zero-order valence-corrected chi connectivity index (χ0v) is 15.3. The summed E-state index contributed by atoms with van der Waals surface area (Å²) in [6.07, 6.45) is 0. The first-order valence-corrected chi connectivity index (χ1v) is 9.17. The van der Waals surface area contributed by atoms with E-state index >= 15 is 0 Å². The molecule has 1 nitrogen and oxygen atoms in total. The Balaban J connectivity index is 2.04. The number of para-hydroxylation sites is 1. The van der Waals surface area contributed by atoms with Crippen LogP contribution in [0.3, 0.4) is 0 Å². The van der Waals surface area contributed by atoms with Crippen molar-refractivity contribution in [3.63, 3.8) is 0 Å². The quantitative estimate of drug-likeness (QED) is 0.272. The molecule has 0 saturated heterocycles. The van der Waals surface area contributed by atoms with Gasteiger partial charge in [-0.25, -0.2) is 9.37 Å². The van der Waals surface area contributed by atoms with Crippen LogP contribution in [0.25, 0.3) is 43.7 Å². The second kappa shape index (κ2) is 5.89. The van der Waals surface area contributed by atoms with E-state index in [1.807, 2.05) is 24.3 Å². The maximum atomic E-state index is 13.4. The van der Waals surface area contributed by atoms with Crippen molar-refractivity contribution in [1.29, 1.82) is 0 Å². The van der Waals surface area contributed by atoms with Crippen LogP contribution in [0.4, 0.5) is 4.39 Å². The van der Waals surface area contributed by atoms with Crippen LogP contribution in [-0.2, 0) is 0 Å². The van der Waals surface area contributed by atoms with E-state index in [0.29, 0.717) is 0 Å². The number of benzene rings is 4. The van der Waals surface area contributed by atoms with Crippen molar-refractivity contribution < 1.29 is 4.39 Å². The lowest BCUT2D eigenvalue weighted by atomic mass is 9.95. The van der Waals surface area contributed by atoms with Crippen LogP contribution >= 0.6 is 15.9 Å². The van der Waals surface area contributed by atoms with Gasteiger partial charge in [0.15, 0.2) is 0 Å². The number of hydrogen-bond donors (Lipinski definition) is 0. The summed E-state index contributed by atoms with van der Waals surface area (Å²) in [4.78, 5) is 4.91. The van der Waals surface area contributed by atoms with Gasteiger partial charge >= 0.3 is 0 Å². The highest BCUT2D eigenvalue weighted by atomic mass is 79.9. The minimum Gasteiger partial charge on any atom is -0.247 e. The molecule has 0 spiro atoms. The van der Waals surface area contributed by atoms with Crippen molar-refractivity contribution in [2.24, 2.45) is 0 Å². The fraction of sp³-hybridized carbons (Fsp3) is 0. The summed E-state index contributed by atoms with van der Waals surface area (Å²) >= 11 is 3.71. The van der Waals surface area contributed by atoms with Gasteiger partial charge in [-0.1, -0.05) is 58.4 Å². The van der Waals surface area contributed by atoms with E-state index in [0.717, 1.165) is 32.0 Å². The molecule has 0 amide bonds. The van der Waals surface area contributed by atoms with Crippen molar-refractivity contribution in [3.05, 3.63) is 89.2 Å². The molecule has 5 rings (SSSR count). The fourth-order valence-corrected chi connectivity index (χ4v) is 4.17. The van der Waals surface area contributed by atoms with Gasteiger partial charge < -0.3 is 0 Å². The van der Waals surface area contributed by atoms with Gasteiger partial charge in [0.05, 0.1) is 11.2 Å². The van der Waals surface area contributed by atoms with Crippen LogP contribution in [0, 0.1) is 5.82 Å².